The molecule has 0 fully saturated rings. The summed E-state index contributed by atoms with van der Waals surface area (Å²) >= 11 is 0. The molecule has 0 saturated carbocycles. The van der Waals surface area contributed by atoms with E-state index in [-0.39, 0.29) is 0 Å². The van der Waals surface area contributed by atoms with Gasteiger partial charge in [0.15, 0.2) is 11.5 Å². The van der Waals surface area contributed by atoms with Crippen LogP contribution < -0.4 is 19.5 Å². The van der Waals surface area contributed by atoms with E-state index in [2.05, 4.69) is 23.5 Å². The van der Waals surface area contributed by atoms with Crippen molar-refractivity contribution >= 4 is 0 Å². The first-order valence-electron chi connectivity index (χ1n) is 7.21. The Morgan fingerprint density at radius 3 is 2.86 bits per heavy atom. The largest absolute Gasteiger partial charge is 0.493 e. The summed E-state index contributed by atoms with van der Waals surface area (Å²) in [5.74, 6) is 3.11. The van der Waals surface area contributed by atoms with Gasteiger partial charge >= 0.3 is 0 Å². The van der Waals surface area contributed by atoms with Crippen molar-refractivity contribution < 1.29 is 14.2 Å². The molecule has 2 aliphatic heterocycles. The smallest absolute Gasteiger partial charge is 0.231 e. The lowest BCUT2D eigenvalue weighted by molar-refractivity contribution is 0.174. The lowest BCUT2D eigenvalue weighted by Crippen LogP contribution is -2.22. The van der Waals surface area contributed by atoms with Gasteiger partial charge in [-0.25, -0.2) is 0 Å². The molecule has 0 bridgehead atoms. The Balaban J connectivity index is 1.36. The van der Waals surface area contributed by atoms with E-state index in [1.54, 1.807) is 0 Å². The van der Waals surface area contributed by atoms with Crippen LogP contribution in [0.15, 0.2) is 42.5 Å². The summed E-state index contributed by atoms with van der Waals surface area (Å²) in [6, 6.07) is 14.3. The van der Waals surface area contributed by atoms with E-state index in [4.69, 9.17) is 14.2 Å². The topological polar surface area (TPSA) is 39.7 Å². The molecule has 0 amide bonds. The summed E-state index contributed by atoms with van der Waals surface area (Å²) in [6.45, 7) is 2.80. The van der Waals surface area contributed by atoms with Crippen LogP contribution in [0.25, 0.3) is 0 Å². The standard InChI is InChI=1S/C17H17NO3/c1-2-4-15-14(3-1)13(10-19-15)9-18-8-12-5-6-16-17(7-12)21-11-20-16/h1-7,13,18H,8-11H2. The lowest BCUT2D eigenvalue weighted by Gasteiger charge is -2.11. The number of hydrogen-bond acceptors (Lipinski definition) is 4. The highest BCUT2D eigenvalue weighted by Crippen LogP contribution is 2.34. The second-order valence-electron chi connectivity index (χ2n) is 5.36. The molecule has 2 aromatic carbocycles. The van der Waals surface area contributed by atoms with Crippen molar-refractivity contribution in [1.82, 2.24) is 5.32 Å². The fourth-order valence-electron chi connectivity index (χ4n) is 2.84. The Morgan fingerprint density at radius 2 is 1.86 bits per heavy atom. The molecule has 1 N–H and O–H groups in total. The number of para-hydroxylation sites is 1. The van der Waals surface area contributed by atoms with Gasteiger partial charge in [0.25, 0.3) is 0 Å². The third kappa shape index (κ3) is 2.43. The fraction of sp³-hybridized carbons (Fsp3) is 0.294. The van der Waals surface area contributed by atoms with Crippen LogP contribution in [-0.2, 0) is 6.54 Å². The third-order valence-electron chi connectivity index (χ3n) is 3.96. The second-order valence-corrected chi connectivity index (χ2v) is 5.36. The van der Waals surface area contributed by atoms with Crippen LogP contribution in [0.5, 0.6) is 17.2 Å². The predicted octanol–water partition coefficient (Wildman–Crippen LogP) is 2.68. The minimum absolute atomic E-state index is 0.322. The Labute approximate surface area is 123 Å². The molecule has 108 valence electrons. The normalized spacial score (nSPS) is 18.4. The molecule has 4 heteroatoms. The van der Waals surface area contributed by atoms with Gasteiger partial charge in [-0.2, -0.15) is 0 Å². The highest BCUT2D eigenvalue weighted by molar-refractivity contribution is 5.44. The predicted molar refractivity (Wildman–Crippen MR) is 78.9 cm³/mol. The van der Waals surface area contributed by atoms with Crippen molar-refractivity contribution in [3.8, 4) is 17.2 Å². The van der Waals surface area contributed by atoms with Gasteiger partial charge in [0, 0.05) is 24.6 Å². The summed E-state index contributed by atoms with van der Waals surface area (Å²) in [5, 5.41) is 3.50. The molecule has 2 aromatic rings. The first-order chi connectivity index (χ1) is 10.4. The average Bonchev–Trinajstić information content (AvgIpc) is 3.14. The Hall–Kier alpha value is -2.20. The van der Waals surface area contributed by atoms with E-state index in [1.807, 2.05) is 24.3 Å². The fourth-order valence-corrected chi connectivity index (χ4v) is 2.84. The maximum Gasteiger partial charge on any atom is 0.231 e. The highest BCUT2D eigenvalue weighted by atomic mass is 16.7. The molecule has 2 heterocycles. The van der Waals surface area contributed by atoms with Gasteiger partial charge in [0.05, 0.1) is 6.61 Å². The van der Waals surface area contributed by atoms with E-state index in [9.17, 15) is 0 Å². The molecule has 0 saturated heterocycles. The average molecular weight is 283 g/mol. The molecule has 0 aliphatic carbocycles. The molecule has 1 atom stereocenters. The van der Waals surface area contributed by atoms with Crippen molar-refractivity contribution in [2.75, 3.05) is 19.9 Å². The first-order valence-corrected chi connectivity index (χ1v) is 7.21. The molecule has 4 rings (SSSR count). The van der Waals surface area contributed by atoms with Gasteiger partial charge in [0.1, 0.15) is 5.75 Å². The van der Waals surface area contributed by atoms with E-state index in [1.165, 1.54) is 11.1 Å². The zero-order chi connectivity index (χ0) is 14.1. The summed E-state index contributed by atoms with van der Waals surface area (Å²) in [6.07, 6.45) is 0. The van der Waals surface area contributed by atoms with Crippen molar-refractivity contribution in [1.29, 1.82) is 0 Å². The second kappa shape index (κ2) is 5.30. The highest BCUT2D eigenvalue weighted by Gasteiger charge is 2.23. The summed E-state index contributed by atoms with van der Waals surface area (Å²) in [5.41, 5.74) is 2.50. The molecular weight excluding hydrogens is 266 g/mol. The van der Waals surface area contributed by atoms with Crippen molar-refractivity contribution in [3.05, 3.63) is 53.6 Å². The lowest BCUT2D eigenvalue weighted by atomic mass is 10.0. The molecule has 0 spiro atoms. The number of benzene rings is 2. The molecule has 0 aromatic heterocycles. The molecule has 2 aliphatic rings. The van der Waals surface area contributed by atoms with Crippen molar-refractivity contribution in [2.45, 2.75) is 12.5 Å². The van der Waals surface area contributed by atoms with Gasteiger partial charge in [0.2, 0.25) is 6.79 Å². The first kappa shape index (κ1) is 12.5. The van der Waals surface area contributed by atoms with E-state index in [0.29, 0.717) is 12.7 Å². The maximum absolute atomic E-state index is 5.70. The molecule has 1 unspecified atom stereocenters. The minimum Gasteiger partial charge on any atom is -0.493 e. The zero-order valence-corrected chi connectivity index (χ0v) is 11.7. The van der Waals surface area contributed by atoms with E-state index >= 15 is 0 Å². The van der Waals surface area contributed by atoms with Crippen LogP contribution in [-0.4, -0.2) is 19.9 Å². The maximum atomic E-state index is 5.70. The number of hydrogen-bond donors (Lipinski definition) is 1. The van der Waals surface area contributed by atoms with Crippen LogP contribution in [0.3, 0.4) is 0 Å². The van der Waals surface area contributed by atoms with Gasteiger partial charge in [-0.15, -0.1) is 0 Å². The monoisotopic (exact) mass is 283 g/mol. The van der Waals surface area contributed by atoms with Crippen LogP contribution in [0.1, 0.15) is 17.0 Å². The number of rotatable bonds is 4. The van der Waals surface area contributed by atoms with E-state index < -0.39 is 0 Å². The quantitative estimate of drug-likeness (QED) is 0.936. The van der Waals surface area contributed by atoms with Crippen LogP contribution in [0, 0.1) is 0 Å². The SMILES string of the molecule is c1ccc2c(c1)OCC2CNCc1ccc2c(c1)OCO2. The van der Waals surface area contributed by atoms with Gasteiger partial charge in [-0.3, -0.25) is 0 Å². The summed E-state index contributed by atoms with van der Waals surface area (Å²) in [4.78, 5) is 0. The molecule has 4 nitrogen and oxygen atoms in total. The van der Waals surface area contributed by atoms with Crippen molar-refractivity contribution in [3.63, 3.8) is 0 Å². The molecule has 0 radical (unpaired) electrons. The van der Waals surface area contributed by atoms with Crippen molar-refractivity contribution in [2.24, 2.45) is 0 Å². The van der Waals surface area contributed by atoms with Crippen LogP contribution in [0.2, 0.25) is 0 Å². The van der Waals surface area contributed by atoms with Gasteiger partial charge in [-0.05, 0) is 23.8 Å². The van der Waals surface area contributed by atoms with Gasteiger partial charge in [-0.1, -0.05) is 24.3 Å². The number of nitrogens with one attached hydrogen (secondary N) is 1. The third-order valence-corrected chi connectivity index (χ3v) is 3.96. The van der Waals surface area contributed by atoms with Crippen LogP contribution in [0.4, 0.5) is 0 Å². The Kier molecular flexibility index (Phi) is 3.16. The minimum atomic E-state index is 0.322. The zero-order valence-electron chi connectivity index (χ0n) is 11.7. The number of fused-ring (bicyclic) bond motifs is 2. The number of ether oxygens (including phenoxy) is 3. The molecular formula is C17H17NO3. The van der Waals surface area contributed by atoms with Crippen LogP contribution >= 0.6 is 0 Å². The van der Waals surface area contributed by atoms with E-state index in [0.717, 1.165) is 36.9 Å². The van der Waals surface area contributed by atoms with Gasteiger partial charge < -0.3 is 19.5 Å². The molecule has 21 heavy (non-hydrogen) atoms. The summed E-state index contributed by atoms with van der Waals surface area (Å²) < 4.78 is 16.4. The Morgan fingerprint density at radius 1 is 0.952 bits per heavy atom. The summed E-state index contributed by atoms with van der Waals surface area (Å²) in [7, 11) is 0. The Bertz CT molecular complexity index is 656.